The first kappa shape index (κ1) is 30.2. The second-order valence-corrected chi connectivity index (χ2v) is 8.50. The molecule has 1 rings (SSSR count). The number of phenols is 1. The van der Waals surface area contributed by atoms with E-state index in [0.29, 0.717) is 24.9 Å². The highest BCUT2D eigenvalue weighted by Crippen LogP contribution is 2.11. The van der Waals surface area contributed by atoms with E-state index in [-0.39, 0.29) is 24.3 Å². The quantitative estimate of drug-likeness (QED) is 0.0957. The Kier molecular flexibility index (Phi) is 13.1. The van der Waals surface area contributed by atoms with Crippen LogP contribution in [0.25, 0.3) is 0 Å². The Morgan fingerprint density at radius 1 is 0.971 bits per heavy atom. The highest BCUT2D eigenvalue weighted by Gasteiger charge is 2.31. The van der Waals surface area contributed by atoms with Gasteiger partial charge in [-0.15, -0.1) is 0 Å². The molecule has 5 atom stereocenters. The Morgan fingerprint density at radius 2 is 1.54 bits per heavy atom. The van der Waals surface area contributed by atoms with Gasteiger partial charge in [-0.25, -0.2) is 4.79 Å². The van der Waals surface area contributed by atoms with Crippen LogP contribution in [-0.4, -0.2) is 81.6 Å². The van der Waals surface area contributed by atoms with Crippen LogP contribution in [0.5, 0.6) is 5.75 Å². The maximum atomic E-state index is 12.8. The molecule has 0 heterocycles. The van der Waals surface area contributed by atoms with Gasteiger partial charge in [0.2, 0.25) is 17.7 Å². The molecule has 0 aliphatic carbocycles. The van der Waals surface area contributed by atoms with Crippen LogP contribution in [0.1, 0.15) is 31.7 Å². The van der Waals surface area contributed by atoms with Crippen molar-refractivity contribution in [1.29, 1.82) is 0 Å². The number of hydrogen-bond acceptors (Lipinski definition) is 9. The minimum Gasteiger partial charge on any atom is -0.508 e. The van der Waals surface area contributed by atoms with Crippen molar-refractivity contribution in [3.8, 4) is 5.75 Å². The number of carboxylic acid groups (broad SMARTS) is 1. The first-order valence-corrected chi connectivity index (χ1v) is 11.8. The van der Waals surface area contributed by atoms with E-state index in [4.69, 9.17) is 11.5 Å². The number of thiol groups is 1. The molecule has 5 unspecified atom stereocenters. The fraction of sp³-hybridized carbons (Fsp3) is 0.545. The van der Waals surface area contributed by atoms with E-state index in [2.05, 4.69) is 28.6 Å². The predicted molar refractivity (Wildman–Crippen MR) is 132 cm³/mol. The largest absolute Gasteiger partial charge is 0.508 e. The molecule has 0 spiro atoms. The second kappa shape index (κ2) is 15.2. The SMILES string of the molecule is CC(O)C(NC(=O)C(CCCCN)NC(=O)C(CS)NC(=O)C(N)Cc1ccc(O)cc1)C(=O)O. The van der Waals surface area contributed by atoms with Crippen molar-refractivity contribution in [1.82, 2.24) is 16.0 Å². The van der Waals surface area contributed by atoms with Gasteiger partial charge < -0.3 is 42.7 Å². The molecule has 13 heteroatoms. The third kappa shape index (κ3) is 10.5. The van der Waals surface area contributed by atoms with Crippen molar-refractivity contribution in [2.45, 2.75) is 62.9 Å². The van der Waals surface area contributed by atoms with Gasteiger partial charge >= 0.3 is 5.97 Å². The number of unbranched alkanes of at least 4 members (excludes halogenated alkanes) is 1. The van der Waals surface area contributed by atoms with Crippen LogP contribution in [0.4, 0.5) is 0 Å². The van der Waals surface area contributed by atoms with E-state index < -0.39 is 54.0 Å². The molecule has 196 valence electrons. The molecule has 1 aromatic carbocycles. The van der Waals surface area contributed by atoms with Crippen LogP contribution >= 0.6 is 12.6 Å². The van der Waals surface area contributed by atoms with Crippen LogP contribution in [0.2, 0.25) is 0 Å². The summed E-state index contributed by atoms with van der Waals surface area (Å²) in [5.74, 6) is -3.56. The summed E-state index contributed by atoms with van der Waals surface area (Å²) in [5, 5.41) is 35.4. The Labute approximate surface area is 209 Å². The average Bonchev–Trinajstić information content (AvgIpc) is 2.80. The third-order valence-electron chi connectivity index (χ3n) is 5.17. The van der Waals surface area contributed by atoms with Gasteiger partial charge in [0.25, 0.3) is 0 Å². The van der Waals surface area contributed by atoms with E-state index in [1.807, 2.05) is 0 Å². The van der Waals surface area contributed by atoms with Crippen LogP contribution in [0.15, 0.2) is 24.3 Å². The summed E-state index contributed by atoms with van der Waals surface area (Å²) in [4.78, 5) is 49.3. The number of rotatable bonds is 15. The van der Waals surface area contributed by atoms with Gasteiger partial charge in [0, 0.05) is 5.75 Å². The molecule has 0 saturated heterocycles. The highest BCUT2D eigenvalue weighted by molar-refractivity contribution is 7.80. The van der Waals surface area contributed by atoms with Gasteiger partial charge in [-0.05, 0) is 56.8 Å². The first-order chi connectivity index (χ1) is 16.5. The van der Waals surface area contributed by atoms with Crippen molar-refractivity contribution >= 4 is 36.3 Å². The average molecular weight is 514 g/mol. The van der Waals surface area contributed by atoms with E-state index in [1.165, 1.54) is 19.1 Å². The number of carbonyl (C=O) groups is 4. The number of phenolic OH excluding ortho intramolecular Hbond substituents is 1. The van der Waals surface area contributed by atoms with Crippen molar-refractivity contribution in [2.24, 2.45) is 11.5 Å². The summed E-state index contributed by atoms with van der Waals surface area (Å²) in [6.45, 7) is 1.58. The number of nitrogens with one attached hydrogen (secondary N) is 3. The molecule has 0 aliphatic rings. The number of aliphatic hydroxyl groups is 1. The minimum absolute atomic E-state index is 0.0757. The Hall–Kier alpha value is -2.87. The summed E-state index contributed by atoms with van der Waals surface area (Å²) in [7, 11) is 0. The summed E-state index contributed by atoms with van der Waals surface area (Å²) in [6, 6.07) is 1.38. The Morgan fingerprint density at radius 3 is 2.06 bits per heavy atom. The van der Waals surface area contributed by atoms with Crippen LogP contribution in [-0.2, 0) is 25.6 Å². The smallest absolute Gasteiger partial charge is 0.328 e. The lowest BCUT2D eigenvalue weighted by molar-refractivity contribution is -0.145. The molecule has 1 aromatic rings. The number of nitrogens with two attached hydrogens (primary N) is 2. The fourth-order valence-corrected chi connectivity index (χ4v) is 3.39. The molecule has 35 heavy (non-hydrogen) atoms. The van der Waals surface area contributed by atoms with E-state index in [9.17, 15) is 34.5 Å². The summed E-state index contributed by atoms with van der Waals surface area (Å²) >= 11 is 4.11. The van der Waals surface area contributed by atoms with E-state index in [1.54, 1.807) is 12.1 Å². The molecule has 0 bridgehead atoms. The van der Waals surface area contributed by atoms with E-state index in [0.717, 1.165) is 0 Å². The van der Waals surface area contributed by atoms with Crippen molar-refractivity contribution < 1.29 is 34.5 Å². The number of aliphatic hydroxyl groups excluding tert-OH is 1. The normalized spacial score (nSPS) is 15.2. The number of carboxylic acids is 1. The number of aliphatic carboxylic acids is 1. The zero-order valence-electron chi connectivity index (χ0n) is 19.5. The van der Waals surface area contributed by atoms with Crippen molar-refractivity contribution in [3.05, 3.63) is 29.8 Å². The predicted octanol–water partition coefficient (Wildman–Crippen LogP) is -1.76. The van der Waals surface area contributed by atoms with Crippen LogP contribution < -0.4 is 27.4 Å². The highest BCUT2D eigenvalue weighted by atomic mass is 32.1. The van der Waals surface area contributed by atoms with Gasteiger partial charge in [-0.2, -0.15) is 12.6 Å². The third-order valence-corrected chi connectivity index (χ3v) is 5.54. The molecule has 0 radical (unpaired) electrons. The van der Waals surface area contributed by atoms with Gasteiger partial charge in [0.1, 0.15) is 17.8 Å². The second-order valence-electron chi connectivity index (χ2n) is 8.13. The van der Waals surface area contributed by atoms with Crippen molar-refractivity contribution in [3.63, 3.8) is 0 Å². The monoisotopic (exact) mass is 513 g/mol. The van der Waals surface area contributed by atoms with Gasteiger partial charge in [-0.3, -0.25) is 14.4 Å². The number of aromatic hydroxyl groups is 1. The number of amides is 3. The molecule has 0 fully saturated rings. The lowest BCUT2D eigenvalue weighted by Gasteiger charge is -2.25. The Bertz CT molecular complexity index is 853. The molecule has 0 aliphatic heterocycles. The lowest BCUT2D eigenvalue weighted by atomic mass is 10.0. The topological polar surface area (TPSA) is 217 Å². The zero-order valence-corrected chi connectivity index (χ0v) is 20.4. The molecular formula is C22H35N5O7S. The molecule has 10 N–H and O–H groups in total. The maximum Gasteiger partial charge on any atom is 0.328 e. The molecule has 3 amide bonds. The standard InChI is InChI=1S/C22H35N5O7S/c1-12(28)18(22(33)34)27-20(31)16(4-2-3-9-23)25-21(32)17(11-35)26-19(30)15(24)10-13-5-7-14(29)8-6-13/h5-8,12,15-18,28-29,35H,2-4,9-11,23-24H2,1H3,(H,25,32)(H,26,30)(H,27,31)(H,33,34). The summed E-state index contributed by atoms with van der Waals surface area (Å²) in [5.41, 5.74) is 12.1. The molecule has 12 nitrogen and oxygen atoms in total. The summed E-state index contributed by atoms with van der Waals surface area (Å²) < 4.78 is 0. The van der Waals surface area contributed by atoms with E-state index >= 15 is 0 Å². The van der Waals surface area contributed by atoms with Gasteiger partial charge in [0.15, 0.2) is 6.04 Å². The minimum atomic E-state index is -1.56. The fourth-order valence-electron chi connectivity index (χ4n) is 3.13. The number of carbonyl (C=O) groups excluding carboxylic acids is 3. The van der Waals surface area contributed by atoms with Gasteiger partial charge in [-0.1, -0.05) is 12.1 Å². The molecular weight excluding hydrogens is 478 g/mol. The van der Waals surface area contributed by atoms with Gasteiger partial charge in [0.05, 0.1) is 12.1 Å². The van der Waals surface area contributed by atoms with Crippen LogP contribution in [0, 0.1) is 0 Å². The summed E-state index contributed by atoms with van der Waals surface area (Å²) in [6.07, 6.45) is -0.00777. The number of hydrogen-bond donors (Lipinski definition) is 9. The zero-order chi connectivity index (χ0) is 26.5. The molecule has 0 aromatic heterocycles. The lowest BCUT2D eigenvalue weighted by Crippen LogP contribution is -2.58. The van der Waals surface area contributed by atoms with Crippen LogP contribution in [0.3, 0.4) is 0 Å². The molecule has 0 saturated carbocycles. The first-order valence-electron chi connectivity index (χ1n) is 11.2. The van der Waals surface area contributed by atoms with Crippen molar-refractivity contribution in [2.75, 3.05) is 12.3 Å². The maximum absolute atomic E-state index is 12.8. The Balaban J connectivity index is 2.83. The number of benzene rings is 1.